The number of nitrogens with one attached hydrogen (secondary N) is 2. The van der Waals surface area contributed by atoms with Gasteiger partial charge in [0.15, 0.2) is 0 Å². The van der Waals surface area contributed by atoms with E-state index in [2.05, 4.69) is 27.1 Å². The van der Waals surface area contributed by atoms with Gasteiger partial charge in [0.2, 0.25) is 11.9 Å². The molecule has 1 aromatic heterocycles. The van der Waals surface area contributed by atoms with Gasteiger partial charge in [0.05, 0.1) is 17.0 Å². The molecule has 1 aliphatic rings. The van der Waals surface area contributed by atoms with Crippen molar-refractivity contribution in [2.75, 3.05) is 24.5 Å². The number of anilines is 1. The topological polar surface area (TPSA) is 61.0 Å². The van der Waals surface area contributed by atoms with E-state index in [1.807, 2.05) is 24.3 Å². The lowest BCUT2D eigenvalue weighted by Crippen LogP contribution is -2.43. The first kappa shape index (κ1) is 13.9. The number of rotatable bonds is 4. The van der Waals surface area contributed by atoms with E-state index >= 15 is 0 Å². The number of carbonyl (C=O) groups is 1. The van der Waals surface area contributed by atoms with Crippen molar-refractivity contribution < 1.29 is 4.79 Å². The third-order valence-electron chi connectivity index (χ3n) is 4.02. The smallest absolute Gasteiger partial charge is 0.224 e. The molecule has 0 unspecified atom stereocenters. The maximum atomic E-state index is 12.1. The second-order valence-electron chi connectivity index (χ2n) is 5.65. The van der Waals surface area contributed by atoms with Crippen molar-refractivity contribution in [2.24, 2.45) is 5.92 Å². The number of amides is 1. The zero-order valence-electron chi connectivity index (χ0n) is 12.4. The highest BCUT2D eigenvalue weighted by atomic mass is 16.1. The zero-order chi connectivity index (χ0) is 14.7. The number of aromatic amines is 1. The minimum atomic E-state index is 0.0681. The molecular formula is C16H22N4O. The largest absolute Gasteiger partial charge is 0.356 e. The van der Waals surface area contributed by atoms with Gasteiger partial charge in [-0.25, -0.2) is 4.98 Å². The molecule has 2 heterocycles. The van der Waals surface area contributed by atoms with Gasteiger partial charge in [-0.1, -0.05) is 19.1 Å². The number of piperidine rings is 1. The molecule has 0 spiro atoms. The first-order valence-corrected chi connectivity index (χ1v) is 7.75. The second kappa shape index (κ2) is 6.16. The molecule has 2 aromatic rings. The summed E-state index contributed by atoms with van der Waals surface area (Å²) in [6, 6.07) is 8.03. The number of nitrogens with zero attached hydrogens (tertiary/aromatic N) is 2. The Labute approximate surface area is 124 Å². The number of carbonyl (C=O) groups excluding carboxylic acids is 1. The lowest BCUT2D eigenvalue weighted by molar-refractivity contribution is -0.125. The molecule has 112 valence electrons. The van der Waals surface area contributed by atoms with Crippen molar-refractivity contribution in [3.8, 4) is 0 Å². The van der Waals surface area contributed by atoms with E-state index in [1.165, 1.54) is 0 Å². The van der Waals surface area contributed by atoms with Crippen LogP contribution in [0.15, 0.2) is 24.3 Å². The standard InChI is InChI=1S/C16H22N4O/c1-2-9-17-15(21)12-6-5-10-20(11-12)16-18-13-7-3-4-8-14(13)19-16/h3-4,7-8,12H,2,5-6,9-11H2,1H3,(H,17,21)(H,18,19)/t12-/m0/s1. The van der Waals surface area contributed by atoms with Crippen molar-refractivity contribution in [1.29, 1.82) is 0 Å². The molecule has 2 N–H and O–H groups in total. The molecule has 1 aromatic carbocycles. The number of fused-ring (bicyclic) bond motifs is 1. The van der Waals surface area contributed by atoms with Crippen molar-refractivity contribution in [3.63, 3.8) is 0 Å². The minimum Gasteiger partial charge on any atom is -0.356 e. The number of H-pyrrole nitrogens is 1. The van der Waals surface area contributed by atoms with Gasteiger partial charge in [-0.15, -0.1) is 0 Å². The van der Waals surface area contributed by atoms with Crippen molar-refractivity contribution in [1.82, 2.24) is 15.3 Å². The van der Waals surface area contributed by atoms with Gasteiger partial charge >= 0.3 is 0 Å². The molecule has 0 bridgehead atoms. The second-order valence-corrected chi connectivity index (χ2v) is 5.65. The molecule has 5 nitrogen and oxygen atoms in total. The Bertz CT molecular complexity index is 589. The van der Waals surface area contributed by atoms with Gasteiger partial charge in [0, 0.05) is 19.6 Å². The highest BCUT2D eigenvalue weighted by Crippen LogP contribution is 2.23. The molecule has 1 saturated heterocycles. The molecule has 1 aliphatic heterocycles. The summed E-state index contributed by atoms with van der Waals surface area (Å²) in [4.78, 5) is 22.3. The third kappa shape index (κ3) is 3.01. The van der Waals surface area contributed by atoms with E-state index in [0.717, 1.165) is 55.9 Å². The van der Waals surface area contributed by atoms with Crippen LogP contribution in [0, 0.1) is 5.92 Å². The average molecular weight is 286 g/mol. The van der Waals surface area contributed by atoms with Crippen LogP contribution in [-0.2, 0) is 4.79 Å². The molecule has 3 rings (SSSR count). The molecule has 5 heteroatoms. The fraction of sp³-hybridized carbons (Fsp3) is 0.500. The summed E-state index contributed by atoms with van der Waals surface area (Å²) >= 11 is 0. The SMILES string of the molecule is CCCNC(=O)[C@H]1CCCN(c2nc3ccccc3[nH]2)C1. The van der Waals surface area contributed by atoms with Gasteiger partial charge in [0.1, 0.15) is 0 Å². The highest BCUT2D eigenvalue weighted by Gasteiger charge is 2.26. The summed E-state index contributed by atoms with van der Waals surface area (Å²) in [5.41, 5.74) is 2.02. The van der Waals surface area contributed by atoms with Crippen LogP contribution >= 0.6 is 0 Å². The van der Waals surface area contributed by atoms with Crippen LogP contribution in [0.4, 0.5) is 5.95 Å². The Hall–Kier alpha value is -2.04. The van der Waals surface area contributed by atoms with E-state index in [1.54, 1.807) is 0 Å². The molecule has 1 atom stereocenters. The van der Waals surface area contributed by atoms with Gasteiger partial charge in [-0.3, -0.25) is 4.79 Å². The van der Waals surface area contributed by atoms with Crippen LogP contribution in [0.2, 0.25) is 0 Å². The quantitative estimate of drug-likeness (QED) is 0.906. The van der Waals surface area contributed by atoms with Gasteiger partial charge in [-0.05, 0) is 31.4 Å². The minimum absolute atomic E-state index is 0.0681. The lowest BCUT2D eigenvalue weighted by Gasteiger charge is -2.31. The molecule has 0 aliphatic carbocycles. The van der Waals surface area contributed by atoms with Crippen LogP contribution in [0.3, 0.4) is 0 Å². The summed E-state index contributed by atoms with van der Waals surface area (Å²) in [5, 5.41) is 3.00. The van der Waals surface area contributed by atoms with Crippen molar-refractivity contribution >= 4 is 22.9 Å². The Morgan fingerprint density at radius 2 is 2.33 bits per heavy atom. The number of aromatic nitrogens is 2. The van der Waals surface area contributed by atoms with E-state index in [9.17, 15) is 4.79 Å². The molecule has 1 amide bonds. The number of benzene rings is 1. The van der Waals surface area contributed by atoms with E-state index in [4.69, 9.17) is 0 Å². The van der Waals surface area contributed by atoms with Crippen LogP contribution in [-0.4, -0.2) is 35.5 Å². The molecular weight excluding hydrogens is 264 g/mol. The maximum Gasteiger partial charge on any atom is 0.224 e. The first-order chi connectivity index (χ1) is 10.3. The van der Waals surface area contributed by atoms with Crippen LogP contribution in [0.5, 0.6) is 0 Å². The van der Waals surface area contributed by atoms with Crippen LogP contribution in [0.25, 0.3) is 11.0 Å². The lowest BCUT2D eigenvalue weighted by atomic mass is 9.97. The van der Waals surface area contributed by atoms with Crippen LogP contribution in [0.1, 0.15) is 26.2 Å². The van der Waals surface area contributed by atoms with Crippen molar-refractivity contribution in [2.45, 2.75) is 26.2 Å². The summed E-state index contributed by atoms with van der Waals surface area (Å²) in [6.45, 7) is 4.54. The van der Waals surface area contributed by atoms with Crippen molar-refractivity contribution in [3.05, 3.63) is 24.3 Å². The molecule has 1 fully saturated rings. The van der Waals surface area contributed by atoms with E-state index in [-0.39, 0.29) is 11.8 Å². The maximum absolute atomic E-state index is 12.1. The number of para-hydroxylation sites is 2. The Morgan fingerprint density at radius 3 is 3.14 bits per heavy atom. The predicted octanol–water partition coefficient (Wildman–Crippen LogP) is 2.31. The number of imidazole rings is 1. The normalized spacial score (nSPS) is 18.9. The first-order valence-electron chi connectivity index (χ1n) is 7.75. The molecule has 0 radical (unpaired) electrons. The average Bonchev–Trinajstić information content (AvgIpc) is 2.97. The third-order valence-corrected chi connectivity index (χ3v) is 4.02. The number of hydrogen-bond acceptors (Lipinski definition) is 3. The van der Waals surface area contributed by atoms with Gasteiger partial charge in [-0.2, -0.15) is 0 Å². The zero-order valence-corrected chi connectivity index (χ0v) is 12.4. The summed E-state index contributed by atoms with van der Waals surface area (Å²) in [5.74, 6) is 1.13. The van der Waals surface area contributed by atoms with Gasteiger partial charge < -0.3 is 15.2 Å². The highest BCUT2D eigenvalue weighted by molar-refractivity contribution is 5.80. The van der Waals surface area contributed by atoms with E-state index < -0.39 is 0 Å². The van der Waals surface area contributed by atoms with E-state index in [0.29, 0.717) is 0 Å². The fourth-order valence-corrected chi connectivity index (χ4v) is 2.87. The van der Waals surface area contributed by atoms with Gasteiger partial charge in [0.25, 0.3) is 0 Å². The monoisotopic (exact) mass is 286 g/mol. The Kier molecular flexibility index (Phi) is 4.08. The predicted molar refractivity (Wildman–Crippen MR) is 84.3 cm³/mol. The summed E-state index contributed by atoms with van der Waals surface area (Å²) in [6.07, 6.45) is 2.97. The Balaban J connectivity index is 1.72. The molecule has 21 heavy (non-hydrogen) atoms. The van der Waals surface area contributed by atoms with Crippen LogP contribution < -0.4 is 10.2 Å². The summed E-state index contributed by atoms with van der Waals surface area (Å²) in [7, 11) is 0. The molecule has 0 saturated carbocycles. The summed E-state index contributed by atoms with van der Waals surface area (Å²) < 4.78 is 0. The Morgan fingerprint density at radius 1 is 1.48 bits per heavy atom. The number of hydrogen-bond donors (Lipinski definition) is 2. The fourth-order valence-electron chi connectivity index (χ4n) is 2.87.